The maximum atomic E-state index is 12.5. The van der Waals surface area contributed by atoms with E-state index in [1.165, 1.54) is 0 Å². The molecule has 0 saturated heterocycles. The van der Waals surface area contributed by atoms with Crippen LogP contribution < -0.4 is 0 Å². The summed E-state index contributed by atoms with van der Waals surface area (Å²) in [4.78, 5) is 22.4. The van der Waals surface area contributed by atoms with Gasteiger partial charge in [-0.15, -0.1) is 0 Å². The monoisotopic (exact) mass is 720 g/mol. The second-order valence-corrected chi connectivity index (χ2v) is 12.9. The third kappa shape index (κ3) is 35.2. The molecule has 0 aromatic heterocycles. The van der Waals surface area contributed by atoms with Crippen LogP contribution in [0.4, 0.5) is 0 Å². The number of carbonyl (C=O) groups excluding carboxylic acids is 1. The van der Waals surface area contributed by atoms with E-state index in [4.69, 9.17) is 23.6 Å². The number of unbranched alkanes of at least 4 members (excludes halogenated alkanes) is 3. The summed E-state index contributed by atoms with van der Waals surface area (Å²) in [6, 6.07) is 0. The average Bonchev–Trinajstić information content (AvgIpc) is 3.10. The lowest BCUT2D eigenvalue weighted by molar-refractivity contribution is -0.154. The van der Waals surface area contributed by atoms with Gasteiger partial charge in [0, 0.05) is 13.0 Å². The summed E-state index contributed by atoms with van der Waals surface area (Å²) in [6.45, 7) is 3.05. The Hall–Kier alpha value is -2.62. The first-order valence-electron chi connectivity index (χ1n) is 18.2. The number of carbonyl (C=O) groups is 1. The molecule has 0 aromatic rings. The van der Waals surface area contributed by atoms with E-state index in [-0.39, 0.29) is 13.0 Å². The fourth-order valence-electron chi connectivity index (χ4n) is 4.06. The topological polar surface area (TPSA) is 132 Å². The van der Waals surface area contributed by atoms with Crippen molar-refractivity contribution in [1.29, 1.82) is 0 Å². The first-order chi connectivity index (χ1) is 24.3. The van der Waals surface area contributed by atoms with Crippen LogP contribution in [0.25, 0.3) is 0 Å². The van der Waals surface area contributed by atoms with Crippen molar-refractivity contribution >= 4 is 13.8 Å². The van der Waals surface area contributed by atoms with E-state index >= 15 is 0 Å². The molecule has 284 valence electrons. The average molecular weight is 721 g/mol. The van der Waals surface area contributed by atoms with Crippen LogP contribution in [-0.2, 0) is 27.9 Å². The summed E-state index contributed by atoms with van der Waals surface area (Å²) < 4.78 is 33.1. The van der Waals surface area contributed by atoms with Gasteiger partial charge in [0.1, 0.15) is 12.2 Å². The standard InChI is InChI=1S/C40H65O9P/c1-3-5-7-9-11-13-15-17-18-19-21-23-25-27-29-31-33-46-36-39(37-48-50(44,45)47-35-38(42)34-41)49-40(43)32-30-28-26-24-22-20-16-14-12-10-8-6-4-2/h5-8,11-14,17-18,20-23,26,28,38-39,41-42H,3-4,9-10,15-16,19,24-25,27,29-37H2,1-2H3,(H,44,45)/b7-5-,8-6-,13-11-,14-12-,18-17-,22-20-,23-21-,28-26-. The second-order valence-electron chi connectivity index (χ2n) is 11.5. The van der Waals surface area contributed by atoms with Crippen molar-refractivity contribution in [2.75, 3.05) is 33.0 Å². The van der Waals surface area contributed by atoms with Gasteiger partial charge in [0.15, 0.2) is 0 Å². The van der Waals surface area contributed by atoms with Crippen LogP contribution in [-0.4, -0.2) is 66.3 Å². The molecule has 0 bridgehead atoms. The number of hydrogen-bond acceptors (Lipinski definition) is 8. The van der Waals surface area contributed by atoms with E-state index in [1.54, 1.807) is 0 Å². The Labute approximate surface area is 302 Å². The lowest BCUT2D eigenvalue weighted by atomic mass is 10.2. The third-order valence-corrected chi connectivity index (χ3v) is 7.73. The molecule has 0 spiro atoms. The highest BCUT2D eigenvalue weighted by molar-refractivity contribution is 7.47. The minimum Gasteiger partial charge on any atom is -0.457 e. The molecule has 0 rings (SSSR count). The maximum Gasteiger partial charge on any atom is 0.472 e. The number of phosphoric ester groups is 1. The van der Waals surface area contributed by atoms with Crippen molar-refractivity contribution in [3.8, 4) is 0 Å². The SMILES string of the molecule is CC/C=C\C/C=C\C/C=C\C/C=C\CCCCCOCC(COP(=O)(O)OCC(O)CO)OC(=O)CC/C=C\C/C=C\C/C=C\C/C=C\CC. The van der Waals surface area contributed by atoms with Crippen LogP contribution in [0, 0.1) is 0 Å². The number of aliphatic hydroxyl groups excluding tert-OH is 2. The van der Waals surface area contributed by atoms with Gasteiger partial charge in [0.25, 0.3) is 0 Å². The van der Waals surface area contributed by atoms with Crippen molar-refractivity contribution in [2.24, 2.45) is 0 Å². The molecule has 3 N–H and O–H groups in total. The molecule has 0 aliphatic heterocycles. The van der Waals surface area contributed by atoms with E-state index in [9.17, 15) is 19.4 Å². The molecule has 0 aliphatic rings. The smallest absolute Gasteiger partial charge is 0.457 e. The van der Waals surface area contributed by atoms with Gasteiger partial charge in [0.2, 0.25) is 0 Å². The number of esters is 1. The molecule has 0 aliphatic carbocycles. The van der Waals surface area contributed by atoms with E-state index in [1.807, 2.05) is 12.2 Å². The number of hydrogen-bond donors (Lipinski definition) is 3. The molecular weight excluding hydrogens is 655 g/mol. The van der Waals surface area contributed by atoms with Crippen LogP contribution in [0.15, 0.2) is 97.2 Å². The third-order valence-electron chi connectivity index (χ3n) is 6.78. The van der Waals surface area contributed by atoms with Crippen LogP contribution in [0.5, 0.6) is 0 Å². The molecule has 50 heavy (non-hydrogen) atoms. The van der Waals surface area contributed by atoms with Gasteiger partial charge in [-0.1, -0.05) is 117 Å². The van der Waals surface area contributed by atoms with Gasteiger partial charge in [-0.25, -0.2) is 4.57 Å². The molecule has 10 heteroatoms. The summed E-state index contributed by atoms with van der Waals surface area (Å²) in [5.41, 5.74) is 0. The van der Waals surface area contributed by atoms with E-state index in [0.29, 0.717) is 13.0 Å². The van der Waals surface area contributed by atoms with Gasteiger partial charge in [-0.05, 0) is 77.0 Å². The van der Waals surface area contributed by atoms with Crippen LogP contribution in [0.1, 0.15) is 104 Å². The van der Waals surface area contributed by atoms with E-state index in [2.05, 4.69) is 98.9 Å². The van der Waals surface area contributed by atoms with E-state index < -0.39 is 45.8 Å². The zero-order valence-electron chi connectivity index (χ0n) is 30.6. The normalized spacial score (nSPS) is 15.4. The summed E-state index contributed by atoms with van der Waals surface area (Å²) >= 11 is 0. The zero-order chi connectivity index (χ0) is 36.8. The van der Waals surface area contributed by atoms with Crippen molar-refractivity contribution in [3.63, 3.8) is 0 Å². The predicted molar refractivity (Wildman–Crippen MR) is 205 cm³/mol. The Morgan fingerprint density at radius 3 is 1.58 bits per heavy atom. The number of phosphoric acid groups is 1. The molecular formula is C40H65O9P. The molecule has 9 nitrogen and oxygen atoms in total. The molecule has 0 aromatic carbocycles. The van der Waals surface area contributed by atoms with Crippen molar-refractivity contribution in [3.05, 3.63) is 97.2 Å². The molecule has 0 radical (unpaired) electrons. The van der Waals surface area contributed by atoms with Gasteiger partial charge in [-0.3, -0.25) is 13.8 Å². The molecule has 0 fully saturated rings. The van der Waals surface area contributed by atoms with Crippen LogP contribution in [0.2, 0.25) is 0 Å². The molecule has 0 amide bonds. The lowest BCUT2D eigenvalue weighted by Gasteiger charge is -2.20. The fourth-order valence-corrected chi connectivity index (χ4v) is 4.85. The first-order valence-corrected chi connectivity index (χ1v) is 19.7. The lowest BCUT2D eigenvalue weighted by Crippen LogP contribution is -2.29. The highest BCUT2D eigenvalue weighted by Gasteiger charge is 2.26. The van der Waals surface area contributed by atoms with Gasteiger partial charge >= 0.3 is 13.8 Å². The highest BCUT2D eigenvalue weighted by atomic mass is 31.2. The molecule has 0 heterocycles. The largest absolute Gasteiger partial charge is 0.472 e. The van der Waals surface area contributed by atoms with Crippen LogP contribution in [0.3, 0.4) is 0 Å². The minimum absolute atomic E-state index is 0.00809. The van der Waals surface area contributed by atoms with Gasteiger partial charge < -0.3 is 24.6 Å². The maximum absolute atomic E-state index is 12.5. The van der Waals surface area contributed by atoms with Crippen molar-refractivity contribution in [1.82, 2.24) is 0 Å². The fraction of sp³-hybridized carbons (Fsp3) is 0.575. The highest BCUT2D eigenvalue weighted by Crippen LogP contribution is 2.43. The van der Waals surface area contributed by atoms with E-state index in [0.717, 1.165) is 77.0 Å². The first kappa shape index (κ1) is 47.4. The summed E-state index contributed by atoms with van der Waals surface area (Å²) in [5, 5.41) is 18.3. The van der Waals surface area contributed by atoms with Crippen molar-refractivity contribution < 1.29 is 43.0 Å². The minimum atomic E-state index is -4.54. The number of aliphatic hydroxyl groups is 2. The Morgan fingerprint density at radius 1 is 0.620 bits per heavy atom. The summed E-state index contributed by atoms with van der Waals surface area (Å²) in [7, 11) is -4.54. The Bertz CT molecular complexity index is 1090. The summed E-state index contributed by atoms with van der Waals surface area (Å²) in [6.07, 6.45) is 43.9. The number of rotatable bonds is 33. The Balaban J connectivity index is 4.45. The van der Waals surface area contributed by atoms with Crippen molar-refractivity contribution in [2.45, 2.75) is 116 Å². The van der Waals surface area contributed by atoms with Gasteiger partial charge in [0.05, 0.1) is 26.4 Å². The van der Waals surface area contributed by atoms with Gasteiger partial charge in [-0.2, -0.15) is 0 Å². The number of ether oxygens (including phenoxy) is 2. The molecule has 0 saturated carbocycles. The van der Waals surface area contributed by atoms with Crippen LogP contribution >= 0.6 is 7.82 Å². The quantitative estimate of drug-likeness (QED) is 0.0263. The molecule has 3 atom stereocenters. The second kappa shape index (κ2) is 36.2. The predicted octanol–water partition coefficient (Wildman–Crippen LogP) is 9.35. The zero-order valence-corrected chi connectivity index (χ0v) is 31.5. The number of allylic oxidation sites excluding steroid dienone is 16. The Kier molecular flexibility index (Phi) is 34.3. The summed E-state index contributed by atoms with van der Waals surface area (Å²) in [5.74, 6) is -0.480. The Morgan fingerprint density at radius 2 is 1.08 bits per heavy atom. The molecule has 3 unspecified atom stereocenters.